The van der Waals surface area contributed by atoms with Gasteiger partial charge in [0.05, 0.1) is 5.60 Å². The lowest BCUT2D eigenvalue weighted by Crippen LogP contribution is -2.47. The quantitative estimate of drug-likeness (QED) is 0.847. The number of rotatable bonds is 6. The molecular weight excluding hydrogens is 284 g/mol. The van der Waals surface area contributed by atoms with Crippen molar-refractivity contribution in [1.82, 2.24) is 10.2 Å². The van der Waals surface area contributed by atoms with Crippen molar-refractivity contribution >= 4 is 11.6 Å². The summed E-state index contributed by atoms with van der Waals surface area (Å²) in [5.74, 6) is 0. The summed E-state index contributed by atoms with van der Waals surface area (Å²) in [7, 11) is 0. The molecule has 118 valence electrons. The van der Waals surface area contributed by atoms with E-state index < -0.39 is 5.60 Å². The van der Waals surface area contributed by atoms with Crippen molar-refractivity contribution in [2.45, 2.75) is 51.3 Å². The van der Waals surface area contributed by atoms with Gasteiger partial charge in [-0.25, -0.2) is 0 Å². The van der Waals surface area contributed by atoms with Gasteiger partial charge in [-0.2, -0.15) is 0 Å². The Hall–Kier alpha value is -0.610. The van der Waals surface area contributed by atoms with Gasteiger partial charge in [0, 0.05) is 24.2 Å². The summed E-state index contributed by atoms with van der Waals surface area (Å²) < 4.78 is 0. The summed E-state index contributed by atoms with van der Waals surface area (Å²) in [5, 5.41) is 14.3. The summed E-state index contributed by atoms with van der Waals surface area (Å²) in [5.41, 5.74) is 0.736. The third-order valence-corrected chi connectivity index (χ3v) is 4.69. The highest BCUT2D eigenvalue weighted by Crippen LogP contribution is 2.16. The molecule has 1 fully saturated rings. The first-order valence-corrected chi connectivity index (χ1v) is 8.29. The van der Waals surface area contributed by atoms with Crippen LogP contribution < -0.4 is 5.32 Å². The van der Waals surface area contributed by atoms with Crippen LogP contribution in [0.2, 0.25) is 5.02 Å². The van der Waals surface area contributed by atoms with Crippen LogP contribution in [-0.4, -0.2) is 41.3 Å². The van der Waals surface area contributed by atoms with Crippen LogP contribution in [0.15, 0.2) is 24.3 Å². The van der Waals surface area contributed by atoms with E-state index in [0.29, 0.717) is 12.6 Å². The average molecular weight is 311 g/mol. The molecule has 0 bridgehead atoms. The first-order valence-electron chi connectivity index (χ1n) is 7.91. The normalized spacial score (nSPS) is 20.4. The summed E-state index contributed by atoms with van der Waals surface area (Å²) in [6, 6.07) is 8.65. The zero-order chi connectivity index (χ0) is 15.3. The maximum absolute atomic E-state index is 10.0. The van der Waals surface area contributed by atoms with E-state index >= 15 is 0 Å². The molecule has 1 aromatic carbocycles. The Kier molecular flexibility index (Phi) is 6.06. The first-order chi connectivity index (χ1) is 9.98. The fraction of sp³-hybridized carbons (Fsp3) is 0.647. The highest BCUT2D eigenvalue weighted by molar-refractivity contribution is 6.30. The number of hydrogen-bond donors (Lipinski definition) is 2. The van der Waals surface area contributed by atoms with Crippen molar-refractivity contribution in [3.8, 4) is 0 Å². The van der Waals surface area contributed by atoms with Crippen LogP contribution in [0.3, 0.4) is 0 Å². The fourth-order valence-corrected chi connectivity index (χ4v) is 2.76. The maximum atomic E-state index is 10.0. The van der Waals surface area contributed by atoms with Crippen molar-refractivity contribution in [2.75, 3.05) is 19.6 Å². The molecule has 0 spiro atoms. The van der Waals surface area contributed by atoms with Gasteiger partial charge in [-0.05, 0) is 57.0 Å². The summed E-state index contributed by atoms with van der Waals surface area (Å²) in [6.45, 7) is 7.82. The van der Waals surface area contributed by atoms with Gasteiger partial charge in [0.2, 0.25) is 0 Å². The Labute approximate surface area is 133 Å². The van der Waals surface area contributed by atoms with Crippen LogP contribution in [-0.2, 0) is 6.54 Å². The second-order valence-corrected chi connectivity index (χ2v) is 6.84. The predicted molar refractivity (Wildman–Crippen MR) is 88.7 cm³/mol. The molecule has 0 saturated carbocycles. The number of nitrogens with zero attached hydrogens (tertiary/aromatic N) is 1. The molecule has 1 atom stereocenters. The third-order valence-electron chi connectivity index (χ3n) is 4.44. The second-order valence-electron chi connectivity index (χ2n) is 6.41. The van der Waals surface area contributed by atoms with Gasteiger partial charge in [0.15, 0.2) is 0 Å². The van der Waals surface area contributed by atoms with E-state index in [2.05, 4.69) is 22.3 Å². The van der Waals surface area contributed by atoms with Crippen LogP contribution in [0, 0.1) is 0 Å². The van der Waals surface area contributed by atoms with E-state index in [4.69, 9.17) is 11.6 Å². The van der Waals surface area contributed by atoms with Gasteiger partial charge in [0.1, 0.15) is 0 Å². The minimum atomic E-state index is -0.583. The molecule has 1 aliphatic rings. The average Bonchev–Trinajstić information content (AvgIpc) is 2.49. The molecule has 1 aliphatic heterocycles. The largest absolute Gasteiger partial charge is 0.389 e. The number of aliphatic hydroxyl groups is 1. The Morgan fingerprint density at radius 2 is 1.90 bits per heavy atom. The molecule has 0 aromatic heterocycles. The number of piperidine rings is 1. The zero-order valence-corrected chi connectivity index (χ0v) is 13.9. The molecule has 0 aliphatic carbocycles. The highest BCUT2D eigenvalue weighted by atomic mass is 35.5. The van der Waals surface area contributed by atoms with Gasteiger partial charge in [-0.3, -0.25) is 4.90 Å². The molecule has 2 N–H and O–H groups in total. The predicted octanol–water partition coefficient (Wildman–Crippen LogP) is 3.06. The number of hydrogen-bond acceptors (Lipinski definition) is 3. The highest BCUT2D eigenvalue weighted by Gasteiger charge is 2.22. The monoisotopic (exact) mass is 310 g/mol. The van der Waals surface area contributed by atoms with Crippen molar-refractivity contribution in [1.29, 1.82) is 0 Å². The molecular formula is C17H27ClN2O. The summed E-state index contributed by atoms with van der Waals surface area (Å²) >= 11 is 5.91. The molecule has 1 aromatic rings. The van der Waals surface area contributed by atoms with E-state index in [1.165, 1.54) is 5.56 Å². The Morgan fingerprint density at radius 3 is 2.48 bits per heavy atom. The van der Waals surface area contributed by atoms with E-state index in [0.717, 1.165) is 43.9 Å². The Morgan fingerprint density at radius 1 is 1.29 bits per heavy atom. The van der Waals surface area contributed by atoms with Crippen LogP contribution in [0.25, 0.3) is 0 Å². The Bertz CT molecular complexity index is 425. The van der Waals surface area contributed by atoms with Crippen molar-refractivity contribution in [2.24, 2.45) is 0 Å². The standard InChI is InChI=1S/C17H27ClN2O/c1-3-17(2,21)13-19-16-8-10-20(11-9-16)12-14-4-6-15(18)7-5-14/h4-7,16,19,21H,3,8-13H2,1-2H3/t17-/m0/s1. The van der Waals surface area contributed by atoms with Crippen LogP contribution in [0.1, 0.15) is 38.7 Å². The maximum Gasteiger partial charge on any atom is 0.0741 e. The molecule has 2 rings (SSSR count). The fourth-order valence-electron chi connectivity index (χ4n) is 2.63. The topological polar surface area (TPSA) is 35.5 Å². The molecule has 0 amide bonds. The molecule has 0 unspecified atom stereocenters. The summed E-state index contributed by atoms with van der Waals surface area (Å²) in [4.78, 5) is 2.49. The molecule has 21 heavy (non-hydrogen) atoms. The third kappa shape index (κ3) is 5.59. The Balaban J connectivity index is 1.72. The van der Waals surface area contributed by atoms with E-state index in [-0.39, 0.29) is 0 Å². The number of likely N-dealkylation sites (tertiary alicyclic amines) is 1. The number of nitrogens with one attached hydrogen (secondary N) is 1. The van der Waals surface area contributed by atoms with E-state index in [1.54, 1.807) is 0 Å². The molecule has 3 nitrogen and oxygen atoms in total. The smallest absolute Gasteiger partial charge is 0.0741 e. The van der Waals surface area contributed by atoms with E-state index in [1.807, 2.05) is 26.0 Å². The van der Waals surface area contributed by atoms with E-state index in [9.17, 15) is 5.11 Å². The van der Waals surface area contributed by atoms with Crippen LogP contribution >= 0.6 is 11.6 Å². The van der Waals surface area contributed by atoms with Gasteiger partial charge in [-0.15, -0.1) is 0 Å². The van der Waals surface area contributed by atoms with Crippen molar-refractivity contribution in [3.63, 3.8) is 0 Å². The van der Waals surface area contributed by atoms with Crippen LogP contribution in [0.5, 0.6) is 0 Å². The van der Waals surface area contributed by atoms with Gasteiger partial charge in [0.25, 0.3) is 0 Å². The van der Waals surface area contributed by atoms with Crippen molar-refractivity contribution < 1.29 is 5.11 Å². The SMILES string of the molecule is CC[C@](C)(O)CNC1CCN(Cc2ccc(Cl)cc2)CC1. The van der Waals surface area contributed by atoms with Gasteiger partial charge >= 0.3 is 0 Å². The lowest BCUT2D eigenvalue weighted by atomic mass is 10.0. The van der Waals surface area contributed by atoms with Gasteiger partial charge in [-0.1, -0.05) is 30.7 Å². The summed E-state index contributed by atoms with van der Waals surface area (Å²) in [6.07, 6.45) is 3.08. The molecule has 4 heteroatoms. The second kappa shape index (κ2) is 7.59. The number of benzene rings is 1. The molecule has 1 heterocycles. The number of halogens is 1. The minimum Gasteiger partial charge on any atom is -0.389 e. The van der Waals surface area contributed by atoms with Crippen molar-refractivity contribution in [3.05, 3.63) is 34.9 Å². The lowest BCUT2D eigenvalue weighted by Gasteiger charge is -2.34. The lowest BCUT2D eigenvalue weighted by molar-refractivity contribution is 0.0491. The molecule has 1 saturated heterocycles. The molecule has 0 radical (unpaired) electrons. The minimum absolute atomic E-state index is 0.532. The van der Waals surface area contributed by atoms with Crippen LogP contribution in [0.4, 0.5) is 0 Å². The van der Waals surface area contributed by atoms with Gasteiger partial charge < -0.3 is 10.4 Å². The first kappa shape index (κ1) is 16.8. The zero-order valence-electron chi connectivity index (χ0n) is 13.1.